The van der Waals surface area contributed by atoms with Crippen molar-refractivity contribution in [3.05, 3.63) is 42.6 Å². The highest BCUT2D eigenvalue weighted by molar-refractivity contribution is 5.64. The molecule has 2 aromatic rings. The Morgan fingerprint density at radius 1 is 1.07 bits per heavy atom. The minimum absolute atomic E-state index is 0.203. The molecule has 0 bridgehead atoms. The van der Waals surface area contributed by atoms with Crippen molar-refractivity contribution >= 4 is 11.9 Å². The van der Waals surface area contributed by atoms with Gasteiger partial charge < -0.3 is 24.8 Å². The Morgan fingerprint density at radius 3 is 2.32 bits per heavy atom. The molecule has 1 saturated heterocycles. The molecule has 0 spiro atoms. The molecule has 2 N–H and O–H groups in total. The second-order valence-electron chi connectivity index (χ2n) is 6.09. The van der Waals surface area contributed by atoms with Crippen LogP contribution in [0.5, 0.6) is 17.2 Å². The number of pyridine rings is 1. The molecule has 0 radical (unpaired) electrons. The molecule has 0 aliphatic carbocycles. The number of hydrogen-bond donors (Lipinski definition) is 1. The standard InChI is InChI=1S/C18H18F3N3O4/c19-18(20,21)28-14-3-1-12(2-4-14)26-15-5-8-23-16(11-15)24-9-6-13(7-10-24)27-17(22)25/h1-5,8,11,13H,6-7,9-10H2,(H2,22,25). The molecular formula is C18H18F3N3O4. The predicted molar refractivity (Wildman–Crippen MR) is 93.3 cm³/mol. The summed E-state index contributed by atoms with van der Waals surface area (Å²) in [5.41, 5.74) is 5.03. The number of carbonyl (C=O) groups is 1. The number of halogens is 3. The molecule has 1 aliphatic heterocycles. The van der Waals surface area contributed by atoms with E-state index in [-0.39, 0.29) is 11.9 Å². The molecule has 0 atom stereocenters. The first-order valence-corrected chi connectivity index (χ1v) is 8.49. The Balaban J connectivity index is 1.60. The molecule has 3 rings (SSSR count). The summed E-state index contributed by atoms with van der Waals surface area (Å²) in [6, 6.07) is 8.49. The zero-order valence-electron chi connectivity index (χ0n) is 14.7. The number of benzene rings is 1. The number of hydrogen-bond acceptors (Lipinski definition) is 6. The Bertz CT molecular complexity index is 806. The monoisotopic (exact) mass is 397 g/mol. The van der Waals surface area contributed by atoms with Crippen LogP contribution in [0.15, 0.2) is 42.6 Å². The highest BCUT2D eigenvalue weighted by Gasteiger charge is 2.31. The van der Waals surface area contributed by atoms with Crippen LogP contribution in [0, 0.1) is 0 Å². The molecule has 1 aliphatic rings. The first kappa shape index (κ1) is 19.6. The first-order chi connectivity index (χ1) is 13.3. The minimum atomic E-state index is -4.74. The highest BCUT2D eigenvalue weighted by atomic mass is 19.4. The third kappa shape index (κ3) is 5.66. The Hall–Kier alpha value is -3.17. The van der Waals surface area contributed by atoms with Gasteiger partial charge >= 0.3 is 12.5 Å². The number of nitrogens with zero attached hydrogens (tertiary/aromatic N) is 2. The van der Waals surface area contributed by atoms with Crippen LogP contribution in [0.25, 0.3) is 0 Å². The SMILES string of the molecule is NC(=O)OC1CCN(c2cc(Oc3ccc(OC(F)(F)F)cc3)ccn2)CC1. The molecule has 7 nitrogen and oxygen atoms in total. The van der Waals surface area contributed by atoms with Gasteiger partial charge in [-0.25, -0.2) is 9.78 Å². The number of alkyl halides is 3. The minimum Gasteiger partial charge on any atom is -0.457 e. The number of carbonyl (C=O) groups excluding carboxylic acids is 1. The summed E-state index contributed by atoms with van der Waals surface area (Å²) in [6.07, 6.45) is -2.87. The van der Waals surface area contributed by atoms with E-state index >= 15 is 0 Å². The maximum Gasteiger partial charge on any atom is 0.573 e. The van der Waals surface area contributed by atoms with Gasteiger partial charge in [-0.3, -0.25) is 0 Å². The van der Waals surface area contributed by atoms with Crippen LogP contribution >= 0.6 is 0 Å². The largest absolute Gasteiger partial charge is 0.573 e. The lowest BCUT2D eigenvalue weighted by molar-refractivity contribution is -0.274. The summed E-state index contributed by atoms with van der Waals surface area (Å²) in [4.78, 5) is 17.2. The summed E-state index contributed by atoms with van der Waals surface area (Å²) in [5.74, 6) is 1.22. The molecule has 1 aromatic carbocycles. The van der Waals surface area contributed by atoms with Gasteiger partial charge in [0.25, 0.3) is 0 Å². The predicted octanol–water partition coefficient (Wildman–Crippen LogP) is 3.84. The van der Waals surface area contributed by atoms with Crippen molar-refractivity contribution in [2.75, 3.05) is 18.0 Å². The van der Waals surface area contributed by atoms with E-state index in [2.05, 4.69) is 9.72 Å². The molecule has 2 heterocycles. The second-order valence-corrected chi connectivity index (χ2v) is 6.09. The Kier molecular flexibility index (Phi) is 5.76. The fourth-order valence-electron chi connectivity index (χ4n) is 2.85. The van der Waals surface area contributed by atoms with Crippen LogP contribution in [-0.4, -0.2) is 36.6 Å². The maximum absolute atomic E-state index is 12.2. The quantitative estimate of drug-likeness (QED) is 0.825. The van der Waals surface area contributed by atoms with E-state index in [0.717, 1.165) is 0 Å². The average Bonchev–Trinajstić information content (AvgIpc) is 2.63. The summed E-state index contributed by atoms with van der Waals surface area (Å²) < 4.78 is 51.1. The molecule has 0 unspecified atom stereocenters. The number of rotatable bonds is 5. The third-order valence-corrected chi connectivity index (χ3v) is 4.06. The van der Waals surface area contributed by atoms with Crippen LogP contribution in [0.4, 0.5) is 23.8 Å². The number of anilines is 1. The number of amides is 1. The van der Waals surface area contributed by atoms with E-state index in [1.54, 1.807) is 18.3 Å². The molecule has 1 amide bonds. The van der Waals surface area contributed by atoms with Crippen LogP contribution in [0.3, 0.4) is 0 Å². The summed E-state index contributed by atoms with van der Waals surface area (Å²) in [6.45, 7) is 1.27. The van der Waals surface area contributed by atoms with Gasteiger partial charge in [0.15, 0.2) is 0 Å². The number of primary amides is 1. The summed E-state index contributed by atoms with van der Waals surface area (Å²) in [7, 11) is 0. The van der Waals surface area contributed by atoms with Crippen molar-refractivity contribution < 1.29 is 32.2 Å². The zero-order chi connectivity index (χ0) is 20.1. The van der Waals surface area contributed by atoms with Crippen LogP contribution in [0.2, 0.25) is 0 Å². The smallest absolute Gasteiger partial charge is 0.457 e. The Morgan fingerprint density at radius 2 is 1.71 bits per heavy atom. The van der Waals surface area contributed by atoms with Gasteiger partial charge in [-0.1, -0.05) is 0 Å². The number of ether oxygens (including phenoxy) is 3. The van der Waals surface area contributed by atoms with Gasteiger partial charge in [-0.05, 0) is 30.3 Å². The van der Waals surface area contributed by atoms with Crippen molar-refractivity contribution in [3.8, 4) is 17.2 Å². The van der Waals surface area contributed by atoms with Crippen molar-refractivity contribution in [2.24, 2.45) is 5.73 Å². The lowest BCUT2D eigenvalue weighted by atomic mass is 10.1. The molecule has 10 heteroatoms. The average molecular weight is 397 g/mol. The molecular weight excluding hydrogens is 379 g/mol. The molecule has 1 aromatic heterocycles. The van der Waals surface area contributed by atoms with Crippen LogP contribution in [0.1, 0.15) is 12.8 Å². The van der Waals surface area contributed by atoms with Crippen LogP contribution in [-0.2, 0) is 4.74 Å². The van der Waals surface area contributed by atoms with Gasteiger partial charge in [0, 0.05) is 38.2 Å². The number of nitrogens with two attached hydrogens (primary N) is 1. The van der Waals surface area contributed by atoms with E-state index in [1.165, 1.54) is 24.3 Å². The second kappa shape index (κ2) is 8.24. The third-order valence-electron chi connectivity index (χ3n) is 4.06. The number of aromatic nitrogens is 1. The van der Waals surface area contributed by atoms with E-state index in [1.807, 2.05) is 4.90 Å². The first-order valence-electron chi connectivity index (χ1n) is 8.49. The summed E-state index contributed by atoms with van der Waals surface area (Å²) >= 11 is 0. The van der Waals surface area contributed by atoms with Crippen molar-refractivity contribution in [2.45, 2.75) is 25.3 Å². The van der Waals surface area contributed by atoms with Gasteiger partial charge in [-0.15, -0.1) is 13.2 Å². The molecule has 1 fully saturated rings. The number of piperidine rings is 1. The summed E-state index contributed by atoms with van der Waals surface area (Å²) in [5, 5.41) is 0. The normalized spacial score (nSPS) is 15.2. The highest BCUT2D eigenvalue weighted by Crippen LogP contribution is 2.29. The van der Waals surface area contributed by atoms with Crippen molar-refractivity contribution in [3.63, 3.8) is 0 Å². The van der Waals surface area contributed by atoms with Gasteiger partial charge in [0.05, 0.1) is 0 Å². The Labute approximate surface area is 158 Å². The van der Waals surface area contributed by atoms with E-state index in [4.69, 9.17) is 15.2 Å². The lowest BCUT2D eigenvalue weighted by Gasteiger charge is -2.32. The molecule has 0 saturated carbocycles. The fraction of sp³-hybridized carbons (Fsp3) is 0.333. The zero-order valence-corrected chi connectivity index (χ0v) is 14.7. The van der Waals surface area contributed by atoms with E-state index in [0.29, 0.717) is 43.2 Å². The lowest BCUT2D eigenvalue weighted by Crippen LogP contribution is -2.39. The molecule has 28 heavy (non-hydrogen) atoms. The topological polar surface area (TPSA) is 86.9 Å². The maximum atomic E-state index is 12.2. The van der Waals surface area contributed by atoms with E-state index in [9.17, 15) is 18.0 Å². The van der Waals surface area contributed by atoms with Gasteiger partial charge in [0.1, 0.15) is 29.2 Å². The molecule has 150 valence electrons. The van der Waals surface area contributed by atoms with Crippen LogP contribution < -0.4 is 20.1 Å². The van der Waals surface area contributed by atoms with Crippen molar-refractivity contribution in [1.29, 1.82) is 0 Å². The van der Waals surface area contributed by atoms with E-state index < -0.39 is 12.5 Å². The van der Waals surface area contributed by atoms with Crippen molar-refractivity contribution in [1.82, 2.24) is 4.98 Å². The van der Waals surface area contributed by atoms with Gasteiger partial charge in [0.2, 0.25) is 0 Å². The fourth-order valence-corrected chi connectivity index (χ4v) is 2.85. The van der Waals surface area contributed by atoms with Gasteiger partial charge in [-0.2, -0.15) is 0 Å².